The zero-order valence-corrected chi connectivity index (χ0v) is 5.17. The van der Waals surface area contributed by atoms with Gasteiger partial charge in [0.1, 0.15) is 0 Å². The van der Waals surface area contributed by atoms with Crippen LogP contribution in [0.15, 0.2) is 0 Å². The molecule has 1 nitrogen and oxygen atoms in total. The summed E-state index contributed by atoms with van der Waals surface area (Å²) >= 11 is 0. The fourth-order valence-electron chi connectivity index (χ4n) is 2.06. The van der Waals surface area contributed by atoms with Gasteiger partial charge in [0.15, 0.2) is 0 Å². The second kappa shape index (κ2) is 1.27. The third kappa shape index (κ3) is 0.455. The van der Waals surface area contributed by atoms with Gasteiger partial charge in [0.2, 0.25) is 0 Å². The molecule has 0 saturated heterocycles. The Labute approximate surface area is 49.7 Å². The maximum atomic E-state index is 9.21. The lowest BCUT2D eigenvalue weighted by Crippen LogP contribution is -2.05. The zero-order chi connectivity index (χ0) is 5.72. The molecule has 1 heteroatoms. The van der Waals surface area contributed by atoms with E-state index in [1.165, 1.54) is 6.42 Å². The van der Waals surface area contributed by atoms with Crippen LogP contribution in [0.2, 0.25) is 0 Å². The molecule has 0 amide bonds. The van der Waals surface area contributed by atoms with E-state index in [0.717, 1.165) is 18.3 Å². The molecular weight excluding hydrogens is 100 g/mol. The molecule has 0 aromatic heterocycles. The second-order valence-corrected chi connectivity index (χ2v) is 3.34. The van der Waals surface area contributed by atoms with E-state index in [4.69, 9.17) is 0 Å². The van der Waals surface area contributed by atoms with Crippen LogP contribution < -0.4 is 0 Å². The van der Waals surface area contributed by atoms with Crippen LogP contribution >= 0.6 is 0 Å². The van der Waals surface area contributed by atoms with Crippen LogP contribution in [0.4, 0.5) is 0 Å². The lowest BCUT2D eigenvalue weighted by atomic mass is 10.1. The van der Waals surface area contributed by atoms with Crippen molar-refractivity contribution in [2.75, 3.05) is 0 Å². The largest absolute Gasteiger partial charge is 0.393 e. The van der Waals surface area contributed by atoms with Crippen molar-refractivity contribution in [2.45, 2.75) is 25.9 Å². The fraction of sp³-hybridized carbons (Fsp3) is 1.00. The highest BCUT2D eigenvalue weighted by molar-refractivity contribution is 5.01. The third-order valence-corrected chi connectivity index (χ3v) is 2.73. The van der Waals surface area contributed by atoms with Crippen molar-refractivity contribution >= 4 is 0 Å². The van der Waals surface area contributed by atoms with E-state index in [1.807, 2.05) is 0 Å². The Hall–Kier alpha value is -0.0400. The molecule has 2 fully saturated rings. The predicted molar refractivity (Wildman–Crippen MR) is 31.4 cm³/mol. The molecule has 0 heterocycles. The van der Waals surface area contributed by atoms with Gasteiger partial charge >= 0.3 is 0 Å². The van der Waals surface area contributed by atoms with Crippen molar-refractivity contribution in [2.24, 2.45) is 17.8 Å². The van der Waals surface area contributed by atoms with Gasteiger partial charge in [-0.05, 0) is 30.6 Å². The number of hydrogen-bond acceptors (Lipinski definition) is 1. The molecule has 2 rings (SSSR count). The molecule has 46 valence electrons. The highest BCUT2D eigenvalue weighted by Crippen LogP contribution is 2.54. The molecule has 0 aliphatic heterocycles. The standard InChI is InChI=1S/C7H12O/c1-4-2-7(8)6-3-5(4)6/h4-8H,2-3H2,1H3/t4-,5-,6-,7-/m1/s1. The van der Waals surface area contributed by atoms with Crippen LogP contribution in [0.1, 0.15) is 19.8 Å². The first-order chi connectivity index (χ1) is 3.79. The molecule has 2 aliphatic carbocycles. The van der Waals surface area contributed by atoms with Gasteiger partial charge < -0.3 is 5.11 Å². The van der Waals surface area contributed by atoms with E-state index in [1.54, 1.807) is 0 Å². The van der Waals surface area contributed by atoms with E-state index >= 15 is 0 Å². The molecule has 0 aromatic carbocycles. The number of aliphatic hydroxyl groups is 1. The molecule has 0 unspecified atom stereocenters. The lowest BCUT2D eigenvalue weighted by molar-refractivity contribution is 0.153. The monoisotopic (exact) mass is 112 g/mol. The summed E-state index contributed by atoms with van der Waals surface area (Å²) in [6.07, 6.45) is 2.44. The SMILES string of the molecule is C[C@@H]1C[C@@H](O)[C@@H]2C[C@@H]21. The van der Waals surface area contributed by atoms with Crippen molar-refractivity contribution in [1.29, 1.82) is 0 Å². The van der Waals surface area contributed by atoms with Gasteiger partial charge in [0, 0.05) is 0 Å². The van der Waals surface area contributed by atoms with Gasteiger partial charge in [-0.3, -0.25) is 0 Å². The molecule has 1 N–H and O–H groups in total. The number of aliphatic hydroxyl groups excluding tert-OH is 1. The summed E-state index contributed by atoms with van der Waals surface area (Å²) in [4.78, 5) is 0. The van der Waals surface area contributed by atoms with Crippen molar-refractivity contribution in [1.82, 2.24) is 0 Å². The summed E-state index contributed by atoms with van der Waals surface area (Å²) in [5, 5.41) is 9.21. The van der Waals surface area contributed by atoms with Crippen LogP contribution in [0.5, 0.6) is 0 Å². The van der Waals surface area contributed by atoms with Gasteiger partial charge in [-0.25, -0.2) is 0 Å². The quantitative estimate of drug-likeness (QED) is 0.496. The third-order valence-electron chi connectivity index (χ3n) is 2.73. The van der Waals surface area contributed by atoms with Crippen molar-refractivity contribution in [3.8, 4) is 0 Å². The summed E-state index contributed by atoms with van der Waals surface area (Å²) in [7, 11) is 0. The molecule has 8 heavy (non-hydrogen) atoms. The Morgan fingerprint density at radius 3 is 2.12 bits per heavy atom. The Morgan fingerprint density at radius 2 is 2.00 bits per heavy atom. The maximum Gasteiger partial charge on any atom is 0.0573 e. The minimum Gasteiger partial charge on any atom is -0.393 e. The first-order valence-corrected chi connectivity index (χ1v) is 3.47. The highest BCUT2D eigenvalue weighted by atomic mass is 16.3. The van der Waals surface area contributed by atoms with Crippen molar-refractivity contribution in [3.05, 3.63) is 0 Å². The molecule has 0 aromatic rings. The van der Waals surface area contributed by atoms with Crippen LogP contribution in [0, 0.1) is 17.8 Å². The molecule has 4 atom stereocenters. The predicted octanol–water partition coefficient (Wildman–Crippen LogP) is 1.02. The topological polar surface area (TPSA) is 20.2 Å². The number of fused-ring (bicyclic) bond motifs is 1. The van der Waals surface area contributed by atoms with Gasteiger partial charge in [-0.1, -0.05) is 6.92 Å². The van der Waals surface area contributed by atoms with E-state index in [-0.39, 0.29) is 6.10 Å². The van der Waals surface area contributed by atoms with Crippen LogP contribution in [-0.4, -0.2) is 11.2 Å². The van der Waals surface area contributed by atoms with Crippen molar-refractivity contribution in [3.63, 3.8) is 0 Å². The molecule has 0 radical (unpaired) electrons. The summed E-state index contributed by atoms with van der Waals surface area (Å²) < 4.78 is 0. The first-order valence-electron chi connectivity index (χ1n) is 3.47. The maximum absolute atomic E-state index is 9.21. The molecule has 0 spiro atoms. The van der Waals surface area contributed by atoms with Crippen molar-refractivity contribution < 1.29 is 5.11 Å². The van der Waals surface area contributed by atoms with Crippen LogP contribution in [-0.2, 0) is 0 Å². The van der Waals surface area contributed by atoms with Crippen LogP contribution in [0.25, 0.3) is 0 Å². The summed E-state index contributed by atoms with van der Waals surface area (Å²) in [5.74, 6) is 2.44. The van der Waals surface area contributed by atoms with E-state index < -0.39 is 0 Å². The molecular formula is C7H12O. The summed E-state index contributed by atoms with van der Waals surface area (Å²) in [6.45, 7) is 2.25. The Morgan fingerprint density at radius 1 is 1.25 bits per heavy atom. The van der Waals surface area contributed by atoms with Gasteiger partial charge in [0.25, 0.3) is 0 Å². The number of hydrogen-bond donors (Lipinski definition) is 1. The van der Waals surface area contributed by atoms with Crippen LogP contribution in [0.3, 0.4) is 0 Å². The molecule has 2 saturated carbocycles. The summed E-state index contributed by atoms with van der Waals surface area (Å²) in [5.41, 5.74) is 0. The van der Waals surface area contributed by atoms with Gasteiger partial charge in [0.05, 0.1) is 6.10 Å². The first kappa shape index (κ1) is 4.80. The fourth-order valence-corrected chi connectivity index (χ4v) is 2.06. The summed E-state index contributed by atoms with van der Waals surface area (Å²) in [6, 6.07) is 0. The smallest absolute Gasteiger partial charge is 0.0573 e. The average molecular weight is 112 g/mol. The van der Waals surface area contributed by atoms with E-state index in [9.17, 15) is 5.11 Å². The Kier molecular flexibility index (Phi) is 0.762. The Bertz CT molecular complexity index is 95.0. The number of rotatable bonds is 0. The highest BCUT2D eigenvalue weighted by Gasteiger charge is 2.51. The second-order valence-electron chi connectivity index (χ2n) is 3.34. The normalized spacial score (nSPS) is 60.8. The molecule has 0 bridgehead atoms. The van der Waals surface area contributed by atoms with Gasteiger partial charge in [-0.2, -0.15) is 0 Å². The average Bonchev–Trinajstić information content (AvgIpc) is 2.35. The van der Waals surface area contributed by atoms with E-state index in [2.05, 4.69) is 6.92 Å². The molecule has 2 aliphatic rings. The Balaban J connectivity index is 2.09. The minimum atomic E-state index is 0.0648. The van der Waals surface area contributed by atoms with E-state index in [0.29, 0.717) is 5.92 Å². The lowest BCUT2D eigenvalue weighted by Gasteiger charge is -2.04. The van der Waals surface area contributed by atoms with Gasteiger partial charge in [-0.15, -0.1) is 0 Å². The zero-order valence-electron chi connectivity index (χ0n) is 5.17. The minimum absolute atomic E-state index is 0.0648.